The first-order valence-corrected chi connectivity index (χ1v) is 6.34. The van der Waals surface area contributed by atoms with E-state index in [9.17, 15) is 5.11 Å². The summed E-state index contributed by atoms with van der Waals surface area (Å²) in [7, 11) is 1.86. The lowest BCUT2D eigenvalue weighted by atomic mass is 10.2. The van der Waals surface area contributed by atoms with Crippen LogP contribution >= 0.6 is 0 Å². The number of nitrogens with zero attached hydrogens (tertiary/aromatic N) is 4. The lowest BCUT2D eigenvalue weighted by Gasteiger charge is -1.99. The van der Waals surface area contributed by atoms with Gasteiger partial charge in [-0.1, -0.05) is 19.4 Å². The number of aromatic hydroxyl groups is 1. The van der Waals surface area contributed by atoms with Crippen LogP contribution in [0, 0.1) is 6.92 Å². The van der Waals surface area contributed by atoms with Crippen LogP contribution < -0.4 is 0 Å². The van der Waals surface area contributed by atoms with Crippen molar-refractivity contribution in [2.24, 2.45) is 17.3 Å². The molecule has 0 bridgehead atoms. The van der Waals surface area contributed by atoms with Crippen molar-refractivity contribution < 1.29 is 5.11 Å². The molecule has 5 heteroatoms. The molecule has 0 aliphatic rings. The number of rotatable bonds is 4. The molecule has 0 fully saturated rings. The molecule has 1 N–H and O–H groups in total. The topological polar surface area (TPSA) is 62.8 Å². The van der Waals surface area contributed by atoms with Gasteiger partial charge in [0.15, 0.2) is 0 Å². The number of phenolic OH excluding ortho intramolecular Hbond substituents is 1. The minimum atomic E-state index is 0.135. The van der Waals surface area contributed by atoms with Crippen LogP contribution in [0.25, 0.3) is 0 Å². The molecule has 1 aromatic carbocycles. The Balaban J connectivity index is 2.29. The van der Waals surface area contributed by atoms with E-state index in [1.807, 2.05) is 26.2 Å². The summed E-state index contributed by atoms with van der Waals surface area (Å²) in [5.41, 5.74) is 3.20. The van der Waals surface area contributed by atoms with Gasteiger partial charge in [-0.25, -0.2) is 0 Å². The second-order valence-corrected chi connectivity index (χ2v) is 4.58. The highest BCUT2D eigenvalue weighted by Crippen LogP contribution is 2.29. The van der Waals surface area contributed by atoms with E-state index in [2.05, 4.69) is 22.3 Å². The summed E-state index contributed by atoms with van der Waals surface area (Å²) in [5.74, 6) is 0.135. The van der Waals surface area contributed by atoms with Crippen molar-refractivity contribution in [3.8, 4) is 5.75 Å². The Morgan fingerprint density at radius 3 is 2.74 bits per heavy atom. The third kappa shape index (κ3) is 3.19. The number of azo groups is 1. The zero-order valence-corrected chi connectivity index (χ0v) is 11.5. The smallest absolute Gasteiger partial charge is 0.143 e. The summed E-state index contributed by atoms with van der Waals surface area (Å²) in [6.07, 6.45) is 3.71. The standard InChI is InChI=1S/C14H18N4O/c1-4-5-11-13(9-18(3)17-11)16-15-12-8-10(2)6-7-14(12)19/h6-9,19H,4-5H2,1-3H3. The Labute approximate surface area is 112 Å². The van der Waals surface area contributed by atoms with Crippen LogP contribution in [0.15, 0.2) is 34.6 Å². The zero-order chi connectivity index (χ0) is 13.8. The van der Waals surface area contributed by atoms with Gasteiger partial charge in [0.1, 0.15) is 17.1 Å². The van der Waals surface area contributed by atoms with E-state index < -0.39 is 0 Å². The highest BCUT2D eigenvalue weighted by molar-refractivity contribution is 5.52. The van der Waals surface area contributed by atoms with E-state index in [0.717, 1.165) is 29.8 Å². The molecule has 0 aliphatic carbocycles. The number of phenols is 1. The van der Waals surface area contributed by atoms with Gasteiger partial charge < -0.3 is 5.11 Å². The summed E-state index contributed by atoms with van der Waals surface area (Å²) in [6, 6.07) is 5.26. The first-order valence-electron chi connectivity index (χ1n) is 6.34. The van der Waals surface area contributed by atoms with Crippen LogP contribution in [0.5, 0.6) is 5.75 Å². The highest BCUT2D eigenvalue weighted by atomic mass is 16.3. The molecule has 0 unspecified atom stereocenters. The Hall–Kier alpha value is -2.17. The molecule has 0 spiro atoms. The van der Waals surface area contributed by atoms with E-state index in [0.29, 0.717) is 5.69 Å². The fraction of sp³-hybridized carbons (Fsp3) is 0.357. The summed E-state index contributed by atoms with van der Waals surface area (Å²) in [4.78, 5) is 0. The van der Waals surface area contributed by atoms with Gasteiger partial charge in [-0.3, -0.25) is 4.68 Å². The van der Waals surface area contributed by atoms with Gasteiger partial charge >= 0.3 is 0 Å². The first kappa shape index (κ1) is 13.3. The number of hydrogen-bond acceptors (Lipinski definition) is 4. The second-order valence-electron chi connectivity index (χ2n) is 4.58. The number of benzene rings is 1. The number of aryl methyl sites for hydroxylation is 3. The molecule has 0 saturated carbocycles. The largest absolute Gasteiger partial charge is 0.506 e. The summed E-state index contributed by atoms with van der Waals surface area (Å²) in [6.45, 7) is 4.05. The second kappa shape index (κ2) is 5.65. The molecule has 2 rings (SSSR count). The molecule has 19 heavy (non-hydrogen) atoms. The molecular weight excluding hydrogens is 240 g/mol. The first-order chi connectivity index (χ1) is 9.10. The minimum Gasteiger partial charge on any atom is -0.506 e. The van der Waals surface area contributed by atoms with Crippen molar-refractivity contribution in [3.05, 3.63) is 35.7 Å². The van der Waals surface area contributed by atoms with Gasteiger partial charge in [0, 0.05) is 7.05 Å². The van der Waals surface area contributed by atoms with Crippen molar-refractivity contribution >= 4 is 11.4 Å². The summed E-state index contributed by atoms with van der Waals surface area (Å²) < 4.78 is 1.73. The molecule has 1 aromatic heterocycles. The van der Waals surface area contributed by atoms with Crippen LogP contribution in [-0.2, 0) is 13.5 Å². The van der Waals surface area contributed by atoms with Gasteiger partial charge in [-0.2, -0.15) is 5.10 Å². The predicted molar refractivity (Wildman–Crippen MR) is 74.2 cm³/mol. The molecule has 0 radical (unpaired) electrons. The highest BCUT2D eigenvalue weighted by Gasteiger charge is 2.06. The van der Waals surface area contributed by atoms with Crippen molar-refractivity contribution in [1.82, 2.24) is 9.78 Å². The summed E-state index contributed by atoms with van der Waals surface area (Å²) >= 11 is 0. The average Bonchev–Trinajstić information content (AvgIpc) is 2.71. The Morgan fingerprint density at radius 2 is 2.00 bits per heavy atom. The van der Waals surface area contributed by atoms with Crippen LogP contribution in [0.1, 0.15) is 24.6 Å². The van der Waals surface area contributed by atoms with E-state index in [-0.39, 0.29) is 5.75 Å². The SMILES string of the molecule is CCCc1nn(C)cc1N=Nc1cc(C)ccc1O. The molecular formula is C14H18N4O. The van der Waals surface area contributed by atoms with Crippen molar-refractivity contribution in [1.29, 1.82) is 0 Å². The molecule has 0 atom stereocenters. The van der Waals surface area contributed by atoms with E-state index in [4.69, 9.17) is 0 Å². The zero-order valence-electron chi connectivity index (χ0n) is 11.5. The number of aromatic nitrogens is 2. The maximum Gasteiger partial charge on any atom is 0.143 e. The average molecular weight is 258 g/mol. The summed E-state index contributed by atoms with van der Waals surface area (Å²) in [5, 5.41) is 22.4. The third-order valence-corrected chi connectivity index (χ3v) is 2.77. The molecule has 5 nitrogen and oxygen atoms in total. The van der Waals surface area contributed by atoms with Crippen molar-refractivity contribution in [2.45, 2.75) is 26.7 Å². The Bertz CT molecular complexity index is 601. The predicted octanol–water partition coefficient (Wildman–Crippen LogP) is 3.80. The van der Waals surface area contributed by atoms with Crippen LogP contribution in [0.2, 0.25) is 0 Å². The maximum absolute atomic E-state index is 9.72. The molecule has 0 aliphatic heterocycles. The minimum absolute atomic E-state index is 0.135. The van der Waals surface area contributed by atoms with Gasteiger partial charge in [0.25, 0.3) is 0 Å². The van der Waals surface area contributed by atoms with Gasteiger partial charge in [-0.15, -0.1) is 10.2 Å². The Morgan fingerprint density at radius 1 is 1.26 bits per heavy atom. The van der Waals surface area contributed by atoms with Crippen LogP contribution in [0.3, 0.4) is 0 Å². The molecule has 100 valence electrons. The molecule has 2 aromatic rings. The van der Waals surface area contributed by atoms with Crippen LogP contribution in [-0.4, -0.2) is 14.9 Å². The maximum atomic E-state index is 9.72. The van der Waals surface area contributed by atoms with E-state index in [1.165, 1.54) is 0 Å². The van der Waals surface area contributed by atoms with Gasteiger partial charge in [0.2, 0.25) is 0 Å². The lowest BCUT2D eigenvalue weighted by Crippen LogP contribution is -1.90. The van der Waals surface area contributed by atoms with Crippen molar-refractivity contribution in [3.63, 3.8) is 0 Å². The Kier molecular flexibility index (Phi) is 3.94. The van der Waals surface area contributed by atoms with E-state index >= 15 is 0 Å². The quantitative estimate of drug-likeness (QED) is 0.848. The van der Waals surface area contributed by atoms with Crippen LogP contribution in [0.4, 0.5) is 11.4 Å². The van der Waals surface area contributed by atoms with Crippen molar-refractivity contribution in [2.75, 3.05) is 0 Å². The fourth-order valence-electron chi connectivity index (χ4n) is 1.84. The van der Waals surface area contributed by atoms with Gasteiger partial charge in [-0.05, 0) is 31.0 Å². The van der Waals surface area contributed by atoms with Gasteiger partial charge in [0.05, 0.1) is 11.9 Å². The lowest BCUT2D eigenvalue weighted by molar-refractivity contribution is 0.476. The normalized spacial score (nSPS) is 11.3. The molecule has 0 amide bonds. The van der Waals surface area contributed by atoms with E-state index in [1.54, 1.807) is 16.8 Å². The number of hydrogen-bond donors (Lipinski definition) is 1. The molecule has 0 saturated heterocycles. The fourth-order valence-corrected chi connectivity index (χ4v) is 1.84. The molecule has 1 heterocycles. The third-order valence-electron chi connectivity index (χ3n) is 2.77. The monoisotopic (exact) mass is 258 g/mol.